The number of rotatable bonds is 6. The number of hydrogen-bond acceptors (Lipinski definition) is 3. The van der Waals surface area contributed by atoms with Gasteiger partial charge in [-0.3, -0.25) is 9.48 Å². The van der Waals surface area contributed by atoms with Crippen LogP contribution >= 0.6 is 23.2 Å². The van der Waals surface area contributed by atoms with Crippen LogP contribution in [0, 0.1) is 6.92 Å². The topological polar surface area (TPSA) is 67.2 Å². The number of nitrogens with zero attached hydrogens (tertiary/aromatic N) is 2. The van der Waals surface area contributed by atoms with Crippen molar-refractivity contribution < 1.29 is 9.90 Å². The number of benzene rings is 1. The van der Waals surface area contributed by atoms with Gasteiger partial charge in [0.05, 0.1) is 12.3 Å². The molecule has 0 spiro atoms. The van der Waals surface area contributed by atoms with Gasteiger partial charge in [-0.25, -0.2) is 0 Å². The van der Waals surface area contributed by atoms with Crippen molar-refractivity contribution >= 4 is 29.1 Å². The Morgan fingerprint density at radius 2 is 2.09 bits per heavy atom. The first-order valence-corrected chi connectivity index (χ1v) is 7.60. The molecule has 0 aliphatic carbocycles. The van der Waals surface area contributed by atoms with E-state index in [1.807, 2.05) is 13.1 Å². The summed E-state index contributed by atoms with van der Waals surface area (Å²) >= 11 is 12.0. The van der Waals surface area contributed by atoms with Crippen LogP contribution in [0.15, 0.2) is 30.6 Å². The largest absolute Gasteiger partial charge is 0.386 e. The number of aliphatic hydroxyl groups is 1. The molecule has 7 heteroatoms. The van der Waals surface area contributed by atoms with Crippen molar-refractivity contribution in [3.63, 3.8) is 0 Å². The van der Waals surface area contributed by atoms with Gasteiger partial charge in [0.1, 0.15) is 0 Å². The first-order valence-electron chi connectivity index (χ1n) is 6.85. The summed E-state index contributed by atoms with van der Waals surface area (Å²) in [5, 5.41) is 17.6. The summed E-state index contributed by atoms with van der Waals surface area (Å²) in [6, 6.07) is 4.99. The van der Waals surface area contributed by atoms with Crippen molar-refractivity contribution in [3.05, 3.63) is 51.8 Å². The molecule has 2 N–H and O–H groups in total. The summed E-state index contributed by atoms with van der Waals surface area (Å²) in [6.07, 6.45) is 2.94. The van der Waals surface area contributed by atoms with E-state index < -0.39 is 6.10 Å². The summed E-state index contributed by atoms with van der Waals surface area (Å²) in [4.78, 5) is 11.8. The van der Waals surface area contributed by atoms with Crippen LogP contribution in [-0.4, -0.2) is 27.3 Å². The third-order valence-corrected chi connectivity index (χ3v) is 3.81. The number of aromatic nitrogens is 2. The van der Waals surface area contributed by atoms with Crippen molar-refractivity contribution in [1.29, 1.82) is 0 Å². The maximum Gasteiger partial charge on any atom is 0.221 e. The van der Waals surface area contributed by atoms with E-state index in [9.17, 15) is 9.90 Å². The van der Waals surface area contributed by atoms with E-state index in [1.54, 1.807) is 29.1 Å². The Labute approximate surface area is 138 Å². The van der Waals surface area contributed by atoms with Crippen LogP contribution in [0.3, 0.4) is 0 Å². The van der Waals surface area contributed by atoms with E-state index in [-0.39, 0.29) is 18.9 Å². The van der Waals surface area contributed by atoms with Crippen LogP contribution in [0.5, 0.6) is 0 Å². The van der Waals surface area contributed by atoms with Gasteiger partial charge in [0.25, 0.3) is 0 Å². The molecule has 1 amide bonds. The van der Waals surface area contributed by atoms with Gasteiger partial charge in [-0.2, -0.15) is 5.10 Å². The molecule has 2 rings (SSSR count). The second-order valence-electron chi connectivity index (χ2n) is 4.99. The van der Waals surface area contributed by atoms with Crippen molar-refractivity contribution in [1.82, 2.24) is 15.1 Å². The minimum atomic E-state index is -0.947. The Bertz CT molecular complexity index is 638. The molecule has 0 fully saturated rings. The Hall–Kier alpha value is -1.56. The van der Waals surface area contributed by atoms with Gasteiger partial charge in [-0.05, 0) is 24.6 Å². The van der Waals surface area contributed by atoms with Gasteiger partial charge < -0.3 is 10.4 Å². The van der Waals surface area contributed by atoms with Crippen LogP contribution in [0.1, 0.15) is 23.7 Å². The average molecular weight is 342 g/mol. The third kappa shape index (κ3) is 4.47. The van der Waals surface area contributed by atoms with Crippen molar-refractivity contribution in [2.75, 3.05) is 6.54 Å². The fourth-order valence-corrected chi connectivity index (χ4v) is 2.68. The molecule has 1 aromatic carbocycles. The van der Waals surface area contributed by atoms with Crippen LogP contribution < -0.4 is 5.32 Å². The quantitative estimate of drug-likeness (QED) is 0.848. The van der Waals surface area contributed by atoms with Gasteiger partial charge in [0, 0.05) is 41.3 Å². The lowest BCUT2D eigenvalue weighted by molar-refractivity contribution is -0.121. The molecule has 0 radical (unpaired) electrons. The predicted molar refractivity (Wildman–Crippen MR) is 86.0 cm³/mol. The molecular weight excluding hydrogens is 325 g/mol. The molecule has 22 heavy (non-hydrogen) atoms. The molecule has 0 saturated heterocycles. The normalized spacial score (nSPS) is 12.2. The fourth-order valence-electron chi connectivity index (χ4n) is 2.04. The summed E-state index contributed by atoms with van der Waals surface area (Å²) in [7, 11) is 0. The zero-order valence-corrected chi connectivity index (χ0v) is 13.6. The van der Waals surface area contributed by atoms with Crippen LogP contribution in [0.25, 0.3) is 0 Å². The van der Waals surface area contributed by atoms with Gasteiger partial charge in [-0.1, -0.05) is 29.3 Å². The molecule has 1 aromatic heterocycles. The highest BCUT2D eigenvalue weighted by Crippen LogP contribution is 2.29. The number of carbonyl (C=O) groups excluding carboxylic acids is 1. The van der Waals surface area contributed by atoms with Crippen molar-refractivity contribution in [3.8, 4) is 0 Å². The molecule has 1 atom stereocenters. The summed E-state index contributed by atoms with van der Waals surface area (Å²) in [6.45, 7) is 2.48. The van der Waals surface area contributed by atoms with Crippen LogP contribution in [0.4, 0.5) is 0 Å². The van der Waals surface area contributed by atoms with Gasteiger partial charge >= 0.3 is 0 Å². The molecule has 2 aromatic rings. The SMILES string of the molecule is Cc1cnn(CCC(=O)NC[C@H](O)c2c(Cl)cccc2Cl)c1. The Kier molecular flexibility index (Phi) is 5.83. The first kappa shape index (κ1) is 16.8. The van der Waals surface area contributed by atoms with E-state index in [2.05, 4.69) is 10.4 Å². The molecular formula is C15H17Cl2N3O2. The lowest BCUT2D eigenvalue weighted by atomic mass is 10.1. The highest BCUT2D eigenvalue weighted by molar-refractivity contribution is 6.36. The minimum absolute atomic E-state index is 0.0560. The Morgan fingerprint density at radius 3 is 2.68 bits per heavy atom. The van der Waals surface area contributed by atoms with E-state index >= 15 is 0 Å². The zero-order valence-electron chi connectivity index (χ0n) is 12.1. The zero-order chi connectivity index (χ0) is 16.1. The number of nitrogens with one attached hydrogen (secondary N) is 1. The predicted octanol–water partition coefficient (Wildman–Crippen LogP) is 2.74. The fraction of sp³-hybridized carbons (Fsp3) is 0.333. The molecule has 118 valence electrons. The monoisotopic (exact) mass is 341 g/mol. The first-order chi connectivity index (χ1) is 10.5. The minimum Gasteiger partial charge on any atom is -0.386 e. The number of hydrogen-bond donors (Lipinski definition) is 2. The van der Waals surface area contributed by atoms with E-state index in [1.165, 1.54) is 0 Å². The maximum absolute atomic E-state index is 11.8. The van der Waals surface area contributed by atoms with E-state index in [0.717, 1.165) is 5.56 Å². The van der Waals surface area contributed by atoms with Crippen molar-refractivity contribution in [2.45, 2.75) is 26.0 Å². The second-order valence-corrected chi connectivity index (χ2v) is 5.80. The molecule has 0 aliphatic heterocycles. The molecule has 0 unspecified atom stereocenters. The molecule has 5 nitrogen and oxygen atoms in total. The molecule has 0 bridgehead atoms. The third-order valence-electron chi connectivity index (χ3n) is 3.16. The van der Waals surface area contributed by atoms with Crippen LogP contribution in [0.2, 0.25) is 10.0 Å². The number of amides is 1. The lowest BCUT2D eigenvalue weighted by Gasteiger charge is -2.15. The second kappa shape index (κ2) is 7.63. The molecule has 0 saturated carbocycles. The lowest BCUT2D eigenvalue weighted by Crippen LogP contribution is -2.29. The van der Waals surface area contributed by atoms with Gasteiger partial charge in [-0.15, -0.1) is 0 Å². The van der Waals surface area contributed by atoms with E-state index in [4.69, 9.17) is 23.2 Å². The maximum atomic E-state index is 11.8. The highest BCUT2D eigenvalue weighted by atomic mass is 35.5. The standard InChI is InChI=1S/C15H17Cl2N3O2/c1-10-7-19-20(9-10)6-5-14(22)18-8-13(21)15-11(16)3-2-4-12(15)17/h2-4,7,9,13,21H,5-6,8H2,1H3,(H,18,22)/t13-/m0/s1. The number of carbonyl (C=O) groups is 1. The summed E-state index contributed by atoms with van der Waals surface area (Å²) < 4.78 is 1.70. The van der Waals surface area contributed by atoms with Crippen molar-refractivity contribution in [2.24, 2.45) is 0 Å². The molecule has 1 heterocycles. The summed E-state index contributed by atoms with van der Waals surface area (Å²) in [5.41, 5.74) is 1.47. The number of aryl methyl sites for hydroxylation is 2. The van der Waals surface area contributed by atoms with Gasteiger partial charge in [0.2, 0.25) is 5.91 Å². The number of aliphatic hydroxyl groups excluding tert-OH is 1. The van der Waals surface area contributed by atoms with Gasteiger partial charge in [0.15, 0.2) is 0 Å². The highest BCUT2D eigenvalue weighted by Gasteiger charge is 2.16. The molecule has 0 aliphatic rings. The Morgan fingerprint density at radius 1 is 1.41 bits per heavy atom. The Balaban J connectivity index is 1.83. The average Bonchev–Trinajstić information content (AvgIpc) is 2.88. The smallest absolute Gasteiger partial charge is 0.221 e. The van der Waals surface area contributed by atoms with Crippen LogP contribution in [-0.2, 0) is 11.3 Å². The summed E-state index contributed by atoms with van der Waals surface area (Å²) in [5.74, 6) is -0.171. The number of halogens is 2. The van der Waals surface area contributed by atoms with E-state index in [0.29, 0.717) is 22.2 Å².